The quantitative estimate of drug-likeness (QED) is 0.481. The lowest BCUT2D eigenvalue weighted by atomic mass is 9.86. The fourth-order valence-electron chi connectivity index (χ4n) is 4.85. The number of benzene rings is 1. The minimum atomic E-state index is -0.477. The van der Waals surface area contributed by atoms with Gasteiger partial charge in [-0.2, -0.15) is 5.26 Å². The lowest BCUT2D eigenvalue weighted by Crippen LogP contribution is -2.51. The summed E-state index contributed by atoms with van der Waals surface area (Å²) < 4.78 is 6.08. The van der Waals surface area contributed by atoms with Crippen LogP contribution in [0.4, 0.5) is 11.5 Å². The number of hydrogen-bond donors (Lipinski definition) is 0. The number of amides is 1. The number of nitro groups is 1. The molecule has 1 aromatic carbocycles. The van der Waals surface area contributed by atoms with Crippen molar-refractivity contribution in [3.05, 3.63) is 62.3 Å². The van der Waals surface area contributed by atoms with Crippen molar-refractivity contribution in [1.29, 1.82) is 5.26 Å². The van der Waals surface area contributed by atoms with Crippen LogP contribution in [0, 0.1) is 27.4 Å². The Morgan fingerprint density at radius 1 is 1.20 bits per heavy atom. The highest BCUT2D eigenvalue weighted by Crippen LogP contribution is 2.34. The van der Waals surface area contributed by atoms with Crippen LogP contribution in [0.1, 0.15) is 60.4 Å². The van der Waals surface area contributed by atoms with E-state index in [1.165, 1.54) is 24.3 Å². The molecule has 9 heteroatoms. The predicted octanol–water partition coefficient (Wildman–Crippen LogP) is 3.29. The van der Waals surface area contributed by atoms with Crippen molar-refractivity contribution in [2.75, 3.05) is 31.1 Å². The first-order valence-corrected chi connectivity index (χ1v) is 12.0. The summed E-state index contributed by atoms with van der Waals surface area (Å²) in [6, 6.07) is 8.16. The second-order valence-electron chi connectivity index (χ2n) is 10.3. The molecule has 0 radical (unpaired) electrons. The third kappa shape index (κ3) is 5.13. The Hall–Kier alpha value is -3.51. The van der Waals surface area contributed by atoms with E-state index >= 15 is 0 Å². The fraction of sp³-hybridized carbons (Fsp3) is 0.500. The van der Waals surface area contributed by atoms with Crippen molar-refractivity contribution < 1.29 is 19.4 Å². The number of anilines is 1. The fourth-order valence-corrected chi connectivity index (χ4v) is 4.85. The molecule has 0 aliphatic carbocycles. The first-order chi connectivity index (χ1) is 16.6. The van der Waals surface area contributed by atoms with E-state index in [1.807, 2.05) is 0 Å². The number of carbonyl (C=O) groups is 1. The molecule has 4 rings (SSSR count). The highest BCUT2D eigenvalue weighted by Gasteiger charge is 2.37. The second-order valence-corrected chi connectivity index (χ2v) is 10.3. The molecule has 0 atom stereocenters. The molecule has 1 fully saturated rings. The van der Waals surface area contributed by atoms with Crippen molar-refractivity contribution in [1.82, 2.24) is 4.90 Å². The number of aromatic nitrogens is 1. The number of fused-ring (bicyclic) bond motifs is 1. The molecule has 2 aliphatic rings. The zero-order chi connectivity index (χ0) is 25.3. The van der Waals surface area contributed by atoms with Gasteiger partial charge in [0.2, 0.25) is 0 Å². The van der Waals surface area contributed by atoms with Crippen molar-refractivity contribution >= 4 is 17.4 Å². The third-order valence-electron chi connectivity index (χ3n) is 6.68. The Labute approximate surface area is 205 Å². The monoisotopic (exact) mass is 478 g/mol. The summed E-state index contributed by atoms with van der Waals surface area (Å²) in [6.45, 7) is 11.1. The maximum absolute atomic E-state index is 12.9. The predicted molar refractivity (Wildman–Crippen MR) is 130 cm³/mol. The van der Waals surface area contributed by atoms with E-state index in [9.17, 15) is 20.2 Å². The van der Waals surface area contributed by atoms with Gasteiger partial charge >= 0.3 is 0 Å². The number of nitriles is 1. The zero-order valence-electron chi connectivity index (χ0n) is 20.8. The molecule has 184 valence electrons. The Balaban J connectivity index is 1.57. The van der Waals surface area contributed by atoms with Crippen LogP contribution >= 0.6 is 0 Å². The van der Waals surface area contributed by atoms with Crippen LogP contribution in [0.5, 0.6) is 0 Å². The summed E-state index contributed by atoms with van der Waals surface area (Å²) in [5.41, 5.74) is 4.01. The SMILES string of the molecule is CC(C)Cc1[nH+]c(N2CCN(C(=O)c3ccc([N+](=O)[O-])cc3)CC2)c(C#N)c2c1COC(C)(C)C2. The van der Waals surface area contributed by atoms with Gasteiger partial charge in [-0.1, -0.05) is 13.8 Å². The molecule has 0 spiro atoms. The molecule has 0 bridgehead atoms. The average Bonchev–Trinajstić information content (AvgIpc) is 2.82. The van der Waals surface area contributed by atoms with Gasteiger partial charge in [-0.05, 0) is 37.5 Å². The smallest absolute Gasteiger partial charge is 0.293 e. The average molecular weight is 479 g/mol. The van der Waals surface area contributed by atoms with E-state index in [1.54, 1.807) is 4.90 Å². The van der Waals surface area contributed by atoms with E-state index < -0.39 is 4.92 Å². The molecule has 35 heavy (non-hydrogen) atoms. The summed E-state index contributed by atoms with van der Waals surface area (Å²) in [5, 5.41) is 21.0. The maximum Gasteiger partial charge on any atom is 0.293 e. The number of rotatable bonds is 5. The molecule has 1 saturated heterocycles. The summed E-state index contributed by atoms with van der Waals surface area (Å²) in [4.78, 5) is 30.8. The van der Waals surface area contributed by atoms with E-state index in [-0.39, 0.29) is 17.2 Å². The molecule has 2 aromatic rings. The Morgan fingerprint density at radius 2 is 1.86 bits per heavy atom. The van der Waals surface area contributed by atoms with Gasteiger partial charge in [0.05, 0.1) is 30.2 Å². The van der Waals surface area contributed by atoms with Gasteiger partial charge in [-0.15, -0.1) is 0 Å². The number of nitrogens with one attached hydrogen (secondary N) is 1. The number of nitro benzene ring substituents is 1. The minimum absolute atomic E-state index is 0.0378. The number of H-pyrrole nitrogens is 1. The van der Waals surface area contributed by atoms with Crippen LogP contribution in [0.15, 0.2) is 24.3 Å². The van der Waals surface area contributed by atoms with Crippen molar-refractivity contribution in [2.45, 2.75) is 52.7 Å². The van der Waals surface area contributed by atoms with Gasteiger partial charge in [-0.25, -0.2) is 4.98 Å². The summed E-state index contributed by atoms with van der Waals surface area (Å²) >= 11 is 0. The number of hydrogen-bond acceptors (Lipinski definition) is 6. The number of nitrogens with zero attached hydrogens (tertiary/aromatic N) is 4. The first-order valence-electron chi connectivity index (χ1n) is 12.0. The lowest BCUT2D eigenvalue weighted by molar-refractivity contribution is -0.384. The molecule has 0 unspecified atom stereocenters. The molecule has 1 N–H and O–H groups in total. The number of non-ortho nitro benzene ring substituents is 1. The molecular formula is C26H32N5O4+. The summed E-state index contributed by atoms with van der Waals surface area (Å²) in [6.07, 6.45) is 1.54. The van der Waals surface area contributed by atoms with Crippen LogP contribution in [0.3, 0.4) is 0 Å². The molecule has 0 saturated carbocycles. The Kier molecular flexibility index (Phi) is 6.77. The Morgan fingerprint density at radius 3 is 2.43 bits per heavy atom. The number of ether oxygens (including phenoxy) is 1. The number of pyridine rings is 1. The highest BCUT2D eigenvalue weighted by molar-refractivity contribution is 5.94. The van der Waals surface area contributed by atoms with Gasteiger partial charge in [0, 0.05) is 36.1 Å². The molecule has 2 aliphatic heterocycles. The summed E-state index contributed by atoms with van der Waals surface area (Å²) in [7, 11) is 0. The van der Waals surface area contributed by atoms with Crippen LogP contribution in [-0.4, -0.2) is 47.5 Å². The summed E-state index contributed by atoms with van der Waals surface area (Å²) in [5.74, 6) is 1.12. The van der Waals surface area contributed by atoms with E-state index in [0.29, 0.717) is 56.3 Å². The van der Waals surface area contributed by atoms with Crippen molar-refractivity contribution in [2.24, 2.45) is 5.92 Å². The first kappa shape index (κ1) is 24.6. The Bertz CT molecular complexity index is 1180. The molecule has 9 nitrogen and oxygen atoms in total. The van der Waals surface area contributed by atoms with E-state index in [4.69, 9.17) is 4.74 Å². The molecule has 1 amide bonds. The molecule has 3 heterocycles. The van der Waals surface area contributed by atoms with E-state index in [0.717, 1.165) is 29.1 Å². The van der Waals surface area contributed by atoms with Crippen molar-refractivity contribution in [3.63, 3.8) is 0 Å². The largest absolute Gasteiger partial charge is 0.370 e. The molecule has 1 aromatic heterocycles. The topological polar surface area (TPSA) is 114 Å². The van der Waals surface area contributed by atoms with Crippen molar-refractivity contribution in [3.8, 4) is 6.07 Å². The van der Waals surface area contributed by atoms with Gasteiger partial charge in [-0.3, -0.25) is 19.8 Å². The minimum Gasteiger partial charge on any atom is -0.370 e. The van der Waals surface area contributed by atoms with Gasteiger partial charge in [0.1, 0.15) is 30.4 Å². The second kappa shape index (κ2) is 9.62. The zero-order valence-corrected chi connectivity index (χ0v) is 20.8. The lowest BCUT2D eigenvalue weighted by Gasteiger charge is -2.35. The van der Waals surface area contributed by atoms with E-state index in [2.05, 4.69) is 43.6 Å². The number of carbonyl (C=O) groups excluding carboxylic acids is 1. The highest BCUT2D eigenvalue weighted by atomic mass is 16.6. The van der Waals surface area contributed by atoms with Gasteiger partial charge in [0.25, 0.3) is 17.4 Å². The van der Waals surface area contributed by atoms with Gasteiger partial charge < -0.3 is 9.64 Å². The number of piperazine rings is 1. The standard InChI is InChI=1S/C26H31N5O4/c1-17(2)13-23-22-16-35-26(3,4)14-20(22)21(15-27)24(28-23)29-9-11-30(12-10-29)25(32)18-5-7-19(8-6-18)31(33)34/h5-8,17H,9-14,16H2,1-4H3/p+1. The number of aromatic amines is 1. The van der Waals surface area contributed by atoms with Crippen LogP contribution in [0.25, 0.3) is 0 Å². The maximum atomic E-state index is 12.9. The van der Waals surface area contributed by atoms with Crippen LogP contribution in [0.2, 0.25) is 0 Å². The van der Waals surface area contributed by atoms with Gasteiger partial charge in [0.15, 0.2) is 0 Å². The van der Waals surface area contributed by atoms with Crippen LogP contribution < -0.4 is 9.88 Å². The normalized spacial score (nSPS) is 17.1. The molecular weight excluding hydrogens is 446 g/mol. The third-order valence-corrected chi connectivity index (χ3v) is 6.68. The van der Waals surface area contributed by atoms with Crippen LogP contribution in [-0.2, 0) is 24.2 Å².